The smallest absolute Gasteiger partial charge is 0.340 e. The average molecular weight is 462 g/mol. The van der Waals surface area contributed by atoms with Gasteiger partial charge in [-0.2, -0.15) is 13.2 Å². The van der Waals surface area contributed by atoms with Crippen LogP contribution in [0, 0.1) is 5.92 Å². The molecule has 2 fully saturated rings. The molecule has 1 saturated heterocycles. The van der Waals surface area contributed by atoms with Gasteiger partial charge in [-0.25, -0.2) is 4.98 Å². The van der Waals surface area contributed by atoms with Crippen LogP contribution in [0.25, 0.3) is 4.96 Å². The fourth-order valence-electron chi connectivity index (χ4n) is 4.45. The van der Waals surface area contributed by atoms with E-state index in [1.54, 1.807) is 17.2 Å². The van der Waals surface area contributed by atoms with E-state index in [0.717, 1.165) is 6.07 Å². The molecular formula is C22H21F3N4O2S. The molecule has 2 atom stereocenters. The molecule has 32 heavy (non-hydrogen) atoms. The van der Waals surface area contributed by atoms with Crippen molar-refractivity contribution in [1.29, 1.82) is 0 Å². The van der Waals surface area contributed by atoms with Crippen molar-refractivity contribution in [1.82, 2.24) is 19.2 Å². The van der Waals surface area contributed by atoms with E-state index >= 15 is 0 Å². The van der Waals surface area contributed by atoms with Crippen molar-refractivity contribution in [2.45, 2.75) is 25.1 Å². The third-order valence-electron chi connectivity index (χ3n) is 6.20. The summed E-state index contributed by atoms with van der Waals surface area (Å²) in [6.07, 6.45) is -2.26. The Balaban J connectivity index is 1.19. The minimum Gasteiger partial charge on any atom is -0.340 e. The number of nitrogens with zero attached hydrogens (tertiary/aromatic N) is 4. The maximum absolute atomic E-state index is 13.3. The summed E-state index contributed by atoms with van der Waals surface area (Å²) in [6, 6.07) is 7.07. The zero-order chi connectivity index (χ0) is 22.5. The Bertz CT molecular complexity index is 1210. The molecule has 10 heteroatoms. The standard InChI is InChI=1S/C22H21F3N4O2S/c23-22(24,25)18-4-2-1-3-15(18)16-12-17(16)20(31)28-7-5-27(6-8-28)13-14-11-19(30)29-9-10-32-21(29)26-14/h1-4,9-11,16-17H,5-8,12-13H2. The van der Waals surface area contributed by atoms with Crippen LogP contribution in [-0.4, -0.2) is 51.3 Å². The summed E-state index contributed by atoms with van der Waals surface area (Å²) in [7, 11) is 0. The molecule has 0 bridgehead atoms. The van der Waals surface area contributed by atoms with Gasteiger partial charge in [0.15, 0.2) is 4.96 Å². The van der Waals surface area contributed by atoms with Gasteiger partial charge in [0.25, 0.3) is 5.56 Å². The molecule has 1 aromatic carbocycles. The first kappa shape index (κ1) is 21.1. The summed E-state index contributed by atoms with van der Waals surface area (Å²) in [4.78, 5) is 34.1. The van der Waals surface area contributed by atoms with E-state index in [1.165, 1.54) is 33.9 Å². The molecule has 0 spiro atoms. The fourth-order valence-corrected chi connectivity index (χ4v) is 5.19. The lowest BCUT2D eigenvalue weighted by molar-refractivity contribution is -0.139. The van der Waals surface area contributed by atoms with Crippen molar-refractivity contribution in [3.05, 3.63) is 69.1 Å². The van der Waals surface area contributed by atoms with Gasteiger partial charge in [0.1, 0.15) is 0 Å². The van der Waals surface area contributed by atoms with Crippen LogP contribution in [0.4, 0.5) is 13.2 Å². The maximum atomic E-state index is 13.3. The number of benzene rings is 1. The van der Waals surface area contributed by atoms with Crippen molar-refractivity contribution in [2.24, 2.45) is 5.92 Å². The predicted molar refractivity (Wildman–Crippen MR) is 113 cm³/mol. The Hall–Kier alpha value is -2.72. The summed E-state index contributed by atoms with van der Waals surface area (Å²) in [5, 5.41) is 1.82. The van der Waals surface area contributed by atoms with Crippen LogP contribution in [0.3, 0.4) is 0 Å². The lowest BCUT2D eigenvalue weighted by atomic mass is 10.0. The summed E-state index contributed by atoms with van der Waals surface area (Å²) in [5.41, 5.74) is 0.164. The van der Waals surface area contributed by atoms with E-state index in [1.807, 2.05) is 5.38 Å². The number of carbonyl (C=O) groups is 1. The largest absolute Gasteiger partial charge is 0.416 e. The molecule has 2 unspecified atom stereocenters. The van der Waals surface area contributed by atoms with Crippen LogP contribution in [0.15, 0.2) is 46.7 Å². The van der Waals surface area contributed by atoms with E-state index < -0.39 is 11.7 Å². The molecule has 1 saturated carbocycles. The average Bonchev–Trinajstić information content (AvgIpc) is 3.42. The molecule has 1 amide bonds. The van der Waals surface area contributed by atoms with Gasteiger partial charge in [-0.15, -0.1) is 11.3 Å². The topological polar surface area (TPSA) is 57.9 Å². The van der Waals surface area contributed by atoms with Crippen molar-refractivity contribution < 1.29 is 18.0 Å². The van der Waals surface area contributed by atoms with Crippen molar-refractivity contribution in [3.63, 3.8) is 0 Å². The van der Waals surface area contributed by atoms with Gasteiger partial charge in [-0.3, -0.25) is 18.9 Å². The predicted octanol–water partition coefficient (Wildman–Crippen LogP) is 3.22. The number of halogens is 3. The third kappa shape index (κ3) is 4.04. The summed E-state index contributed by atoms with van der Waals surface area (Å²) >= 11 is 1.40. The second-order valence-corrected chi connectivity index (χ2v) is 9.15. The normalized spacial score (nSPS) is 21.8. The first-order chi connectivity index (χ1) is 15.3. The monoisotopic (exact) mass is 462 g/mol. The Morgan fingerprint density at radius 1 is 1.16 bits per heavy atom. The van der Waals surface area contributed by atoms with Crippen LogP contribution in [0.2, 0.25) is 0 Å². The highest BCUT2D eigenvalue weighted by Crippen LogP contribution is 2.51. The van der Waals surface area contributed by atoms with Gasteiger partial charge < -0.3 is 4.90 Å². The van der Waals surface area contributed by atoms with E-state index in [2.05, 4.69) is 9.88 Å². The molecule has 2 aromatic heterocycles. The second-order valence-electron chi connectivity index (χ2n) is 8.28. The fraction of sp³-hybridized carbons (Fsp3) is 0.409. The van der Waals surface area contributed by atoms with Crippen molar-refractivity contribution in [2.75, 3.05) is 26.2 Å². The third-order valence-corrected chi connectivity index (χ3v) is 6.96. The number of fused-ring (bicyclic) bond motifs is 1. The highest BCUT2D eigenvalue weighted by Gasteiger charge is 2.49. The van der Waals surface area contributed by atoms with E-state index in [9.17, 15) is 22.8 Å². The quantitative estimate of drug-likeness (QED) is 0.598. The molecule has 3 heterocycles. The Labute approximate surface area is 185 Å². The van der Waals surface area contributed by atoms with Crippen LogP contribution < -0.4 is 5.56 Å². The number of hydrogen-bond acceptors (Lipinski definition) is 5. The lowest BCUT2D eigenvalue weighted by Gasteiger charge is -2.34. The second kappa shape index (κ2) is 8.00. The summed E-state index contributed by atoms with van der Waals surface area (Å²) in [5.74, 6) is -0.816. The molecule has 6 nitrogen and oxygen atoms in total. The van der Waals surface area contributed by atoms with Gasteiger partial charge in [0, 0.05) is 56.3 Å². The molecule has 2 aliphatic rings. The zero-order valence-corrected chi connectivity index (χ0v) is 17.9. The number of rotatable bonds is 4. The van der Waals surface area contributed by atoms with Crippen LogP contribution >= 0.6 is 11.3 Å². The lowest BCUT2D eigenvalue weighted by Crippen LogP contribution is -2.49. The SMILES string of the molecule is O=C(C1CC1c1ccccc1C(F)(F)F)N1CCN(Cc2cc(=O)n3ccsc3n2)CC1. The van der Waals surface area contributed by atoms with E-state index in [4.69, 9.17) is 0 Å². The van der Waals surface area contributed by atoms with E-state index in [0.29, 0.717) is 49.8 Å². The molecule has 168 valence electrons. The first-order valence-corrected chi connectivity index (χ1v) is 11.3. The Morgan fingerprint density at radius 3 is 2.66 bits per heavy atom. The van der Waals surface area contributed by atoms with Gasteiger partial charge in [0.05, 0.1) is 11.3 Å². The van der Waals surface area contributed by atoms with Gasteiger partial charge >= 0.3 is 6.18 Å². The molecule has 3 aromatic rings. The number of hydrogen-bond donors (Lipinski definition) is 0. The van der Waals surface area contributed by atoms with Gasteiger partial charge in [0.2, 0.25) is 5.91 Å². The molecule has 0 N–H and O–H groups in total. The highest BCUT2D eigenvalue weighted by atomic mass is 32.1. The molecule has 5 rings (SSSR count). The van der Waals surface area contributed by atoms with Gasteiger partial charge in [-0.1, -0.05) is 18.2 Å². The van der Waals surface area contributed by atoms with Crippen LogP contribution in [0.1, 0.15) is 29.2 Å². The van der Waals surface area contributed by atoms with Gasteiger partial charge in [-0.05, 0) is 24.0 Å². The number of amides is 1. The summed E-state index contributed by atoms with van der Waals surface area (Å²) < 4.78 is 41.4. The summed E-state index contributed by atoms with van der Waals surface area (Å²) in [6.45, 7) is 2.82. The highest BCUT2D eigenvalue weighted by molar-refractivity contribution is 7.15. The Kier molecular flexibility index (Phi) is 5.29. The number of aromatic nitrogens is 2. The van der Waals surface area contributed by atoms with Crippen LogP contribution in [0.5, 0.6) is 0 Å². The zero-order valence-electron chi connectivity index (χ0n) is 17.1. The minimum atomic E-state index is -4.42. The van der Waals surface area contributed by atoms with E-state index in [-0.39, 0.29) is 28.9 Å². The number of piperazine rings is 1. The molecular weight excluding hydrogens is 441 g/mol. The Morgan fingerprint density at radius 2 is 1.91 bits per heavy atom. The number of carbonyl (C=O) groups excluding carboxylic acids is 1. The number of alkyl halides is 3. The van der Waals surface area contributed by atoms with Crippen molar-refractivity contribution >= 4 is 22.2 Å². The molecule has 1 aliphatic heterocycles. The molecule has 0 radical (unpaired) electrons. The number of thiazole rings is 1. The minimum absolute atomic E-state index is 0.0667. The maximum Gasteiger partial charge on any atom is 0.416 e. The molecule has 1 aliphatic carbocycles. The van der Waals surface area contributed by atoms with Crippen molar-refractivity contribution in [3.8, 4) is 0 Å². The first-order valence-electron chi connectivity index (χ1n) is 10.4. The van der Waals surface area contributed by atoms with Crippen LogP contribution in [-0.2, 0) is 17.5 Å².